The van der Waals surface area contributed by atoms with E-state index in [2.05, 4.69) is 5.32 Å². The molecular weight excluding hydrogens is 262 g/mol. The number of aromatic carboxylic acids is 1. The zero-order valence-corrected chi connectivity index (χ0v) is 11.1. The molecule has 0 aliphatic heterocycles. The van der Waals surface area contributed by atoms with Crippen molar-refractivity contribution in [2.24, 2.45) is 0 Å². The Bertz CT molecular complexity index is 617. The Balaban J connectivity index is 2.21. The molecule has 0 bridgehead atoms. The van der Waals surface area contributed by atoms with E-state index in [1.165, 1.54) is 6.92 Å². The summed E-state index contributed by atoms with van der Waals surface area (Å²) in [5.41, 5.74) is -0.623. The lowest BCUT2D eigenvalue weighted by molar-refractivity contribution is 0.00228. The number of para-hydroxylation sites is 1. The highest BCUT2D eigenvalue weighted by molar-refractivity contribution is 6.03. The predicted octanol–water partition coefficient (Wildman–Crippen LogP) is 0.964. The molecule has 4 N–H and O–H groups in total. The van der Waals surface area contributed by atoms with Gasteiger partial charge in [0, 0.05) is 11.9 Å². The van der Waals surface area contributed by atoms with Crippen molar-refractivity contribution in [1.29, 1.82) is 0 Å². The first-order valence-corrected chi connectivity index (χ1v) is 6.22. The lowest BCUT2D eigenvalue weighted by Gasteiger charge is -2.20. The van der Waals surface area contributed by atoms with Gasteiger partial charge in [0.25, 0.3) is 0 Å². The number of carboxylic acids is 1. The van der Waals surface area contributed by atoms with Crippen molar-refractivity contribution in [3.05, 3.63) is 35.6 Å². The minimum absolute atomic E-state index is 0.122. The van der Waals surface area contributed by atoms with Gasteiger partial charge in [0.15, 0.2) is 0 Å². The van der Waals surface area contributed by atoms with Crippen LogP contribution in [0.5, 0.6) is 0 Å². The summed E-state index contributed by atoms with van der Waals surface area (Å²) in [6.45, 7) is 1.38. The van der Waals surface area contributed by atoms with E-state index in [9.17, 15) is 15.0 Å². The summed E-state index contributed by atoms with van der Waals surface area (Å²) in [4.78, 5) is 11.3. The Morgan fingerprint density at radius 1 is 1.40 bits per heavy atom. The molecule has 1 aromatic carbocycles. The minimum Gasteiger partial charge on any atom is -0.478 e. The zero-order chi connectivity index (χ0) is 14.8. The minimum atomic E-state index is -1.25. The normalized spacial score (nSPS) is 14.3. The Labute approximate surface area is 115 Å². The number of hydrogen-bond acceptors (Lipinski definition) is 5. The molecule has 108 valence electrons. The van der Waals surface area contributed by atoms with Crippen LogP contribution in [0.15, 0.2) is 28.7 Å². The van der Waals surface area contributed by atoms with Gasteiger partial charge in [-0.1, -0.05) is 18.2 Å². The van der Waals surface area contributed by atoms with Crippen LogP contribution in [0.4, 0.5) is 0 Å². The molecule has 0 amide bonds. The number of aliphatic hydroxyl groups excluding tert-OH is 1. The molecule has 6 heteroatoms. The molecule has 0 aliphatic rings. The molecule has 0 aliphatic carbocycles. The fourth-order valence-corrected chi connectivity index (χ4v) is 1.96. The summed E-state index contributed by atoms with van der Waals surface area (Å²) >= 11 is 0. The Morgan fingerprint density at radius 2 is 2.10 bits per heavy atom. The molecule has 2 aromatic rings. The molecule has 0 radical (unpaired) electrons. The third-order valence-corrected chi connectivity index (χ3v) is 3.01. The van der Waals surface area contributed by atoms with E-state index in [-0.39, 0.29) is 25.3 Å². The van der Waals surface area contributed by atoms with E-state index in [1.807, 2.05) is 0 Å². The average Bonchev–Trinajstić information content (AvgIpc) is 2.76. The maximum absolute atomic E-state index is 11.3. The molecule has 0 saturated carbocycles. The summed E-state index contributed by atoms with van der Waals surface area (Å²) in [5, 5.41) is 31.3. The Morgan fingerprint density at radius 3 is 2.75 bits per heavy atom. The Kier molecular flexibility index (Phi) is 4.08. The highest BCUT2D eigenvalue weighted by Gasteiger charge is 2.22. The van der Waals surface area contributed by atoms with Crippen molar-refractivity contribution in [3.8, 4) is 0 Å². The van der Waals surface area contributed by atoms with Crippen LogP contribution in [-0.4, -0.2) is 40.0 Å². The van der Waals surface area contributed by atoms with Crippen molar-refractivity contribution < 1.29 is 24.5 Å². The SMILES string of the molecule is CC(O)(CO)CNCc1oc2ccccc2c1C(=O)O. The number of carboxylic acid groups (broad SMARTS) is 1. The van der Waals surface area contributed by atoms with E-state index < -0.39 is 11.6 Å². The van der Waals surface area contributed by atoms with Crippen LogP contribution in [-0.2, 0) is 6.54 Å². The lowest BCUT2D eigenvalue weighted by atomic mass is 10.1. The first kappa shape index (κ1) is 14.5. The van der Waals surface area contributed by atoms with Gasteiger partial charge >= 0.3 is 5.97 Å². The summed E-state index contributed by atoms with van der Waals surface area (Å²) < 4.78 is 5.52. The van der Waals surface area contributed by atoms with Gasteiger partial charge in [0.1, 0.15) is 16.9 Å². The molecule has 0 fully saturated rings. The number of carbonyl (C=O) groups is 1. The number of furan rings is 1. The van der Waals surface area contributed by atoms with Crippen LogP contribution >= 0.6 is 0 Å². The second-order valence-electron chi connectivity index (χ2n) is 4.96. The van der Waals surface area contributed by atoms with Gasteiger partial charge in [0.2, 0.25) is 0 Å². The summed E-state index contributed by atoms with van der Waals surface area (Å²) in [5.74, 6) is -0.756. The monoisotopic (exact) mass is 279 g/mol. The molecule has 1 atom stereocenters. The number of benzene rings is 1. The van der Waals surface area contributed by atoms with E-state index in [0.29, 0.717) is 16.7 Å². The third kappa shape index (κ3) is 2.98. The van der Waals surface area contributed by atoms with Gasteiger partial charge in [-0.2, -0.15) is 0 Å². The molecule has 1 unspecified atom stereocenters. The molecule has 0 saturated heterocycles. The fourth-order valence-electron chi connectivity index (χ4n) is 1.96. The van der Waals surface area contributed by atoms with E-state index >= 15 is 0 Å². The smallest absolute Gasteiger partial charge is 0.339 e. The van der Waals surface area contributed by atoms with Gasteiger partial charge in [-0.3, -0.25) is 0 Å². The van der Waals surface area contributed by atoms with Crippen LogP contribution in [0.3, 0.4) is 0 Å². The topological polar surface area (TPSA) is 103 Å². The molecule has 20 heavy (non-hydrogen) atoms. The van der Waals surface area contributed by atoms with Crippen molar-refractivity contribution >= 4 is 16.9 Å². The van der Waals surface area contributed by atoms with Crippen molar-refractivity contribution in [3.63, 3.8) is 0 Å². The van der Waals surface area contributed by atoms with Gasteiger partial charge in [-0.05, 0) is 13.0 Å². The molecule has 6 nitrogen and oxygen atoms in total. The quantitative estimate of drug-likeness (QED) is 0.628. The van der Waals surface area contributed by atoms with Crippen LogP contribution < -0.4 is 5.32 Å². The maximum atomic E-state index is 11.3. The second-order valence-corrected chi connectivity index (χ2v) is 4.96. The molecule has 0 spiro atoms. The predicted molar refractivity (Wildman–Crippen MR) is 72.6 cm³/mol. The highest BCUT2D eigenvalue weighted by Crippen LogP contribution is 2.25. The van der Waals surface area contributed by atoms with Crippen LogP contribution in [0.1, 0.15) is 23.0 Å². The van der Waals surface area contributed by atoms with Crippen molar-refractivity contribution in [2.75, 3.05) is 13.2 Å². The fraction of sp³-hybridized carbons (Fsp3) is 0.357. The molecule has 1 aromatic heterocycles. The number of nitrogens with one attached hydrogen (secondary N) is 1. The van der Waals surface area contributed by atoms with Gasteiger partial charge in [-0.15, -0.1) is 0 Å². The van der Waals surface area contributed by atoms with Gasteiger partial charge in [0.05, 0.1) is 18.8 Å². The van der Waals surface area contributed by atoms with E-state index in [1.54, 1.807) is 24.3 Å². The standard InChI is InChI=1S/C14H17NO5/c1-14(19,8-16)7-15-6-11-12(13(17)18)9-4-2-3-5-10(9)20-11/h2-5,15-16,19H,6-8H2,1H3,(H,17,18). The number of rotatable bonds is 6. The summed E-state index contributed by atoms with van der Waals surface area (Å²) in [6, 6.07) is 6.91. The highest BCUT2D eigenvalue weighted by atomic mass is 16.4. The molecular formula is C14H17NO5. The largest absolute Gasteiger partial charge is 0.478 e. The van der Waals surface area contributed by atoms with E-state index in [0.717, 1.165) is 0 Å². The lowest BCUT2D eigenvalue weighted by Crippen LogP contribution is -2.40. The van der Waals surface area contributed by atoms with Gasteiger partial charge < -0.3 is 25.1 Å². The van der Waals surface area contributed by atoms with Gasteiger partial charge in [-0.25, -0.2) is 4.79 Å². The molecule has 1 heterocycles. The van der Waals surface area contributed by atoms with Crippen LogP contribution in [0.2, 0.25) is 0 Å². The van der Waals surface area contributed by atoms with Crippen LogP contribution in [0.25, 0.3) is 11.0 Å². The third-order valence-electron chi connectivity index (χ3n) is 3.01. The average molecular weight is 279 g/mol. The number of fused-ring (bicyclic) bond motifs is 1. The number of aliphatic hydroxyl groups is 2. The maximum Gasteiger partial charge on any atom is 0.339 e. The van der Waals surface area contributed by atoms with Crippen molar-refractivity contribution in [2.45, 2.75) is 19.1 Å². The first-order chi connectivity index (χ1) is 9.44. The summed E-state index contributed by atoms with van der Waals surface area (Å²) in [6.07, 6.45) is 0. The zero-order valence-electron chi connectivity index (χ0n) is 11.1. The van der Waals surface area contributed by atoms with Crippen molar-refractivity contribution in [1.82, 2.24) is 5.32 Å². The first-order valence-electron chi connectivity index (χ1n) is 6.22. The molecule has 2 rings (SSSR count). The van der Waals surface area contributed by atoms with Crippen LogP contribution in [0, 0.1) is 0 Å². The number of hydrogen-bond donors (Lipinski definition) is 4. The van der Waals surface area contributed by atoms with E-state index in [4.69, 9.17) is 9.52 Å². The summed E-state index contributed by atoms with van der Waals surface area (Å²) in [7, 11) is 0. The Hall–Kier alpha value is -1.89. The second kappa shape index (κ2) is 5.62.